The molecule has 0 spiro atoms. The number of carbonyl (C=O) groups is 2. The molecule has 0 aliphatic carbocycles. The maximum atomic E-state index is 12.7. The molecule has 0 aliphatic heterocycles. The van der Waals surface area contributed by atoms with E-state index in [-0.39, 0.29) is 17.9 Å². The molecule has 2 rings (SSSR count). The van der Waals surface area contributed by atoms with Crippen LogP contribution in [0.15, 0.2) is 48.5 Å². The summed E-state index contributed by atoms with van der Waals surface area (Å²) in [4.78, 5) is 27.0. The van der Waals surface area contributed by atoms with Gasteiger partial charge in [-0.05, 0) is 71.2 Å². The quantitative estimate of drug-likeness (QED) is 0.651. The van der Waals surface area contributed by atoms with Crippen LogP contribution in [0.25, 0.3) is 0 Å². The van der Waals surface area contributed by atoms with Gasteiger partial charge in [0.2, 0.25) is 0 Å². The lowest BCUT2D eigenvalue weighted by Gasteiger charge is -2.15. The molecule has 0 heterocycles. The van der Waals surface area contributed by atoms with Crippen LogP contribution in [0, 0.1) is 0 Å². The van der Waals surface area contributed by atoms with Gasteiger partial charge in [-0.25, -0.2) is 0 Å². The third-order valence-electron chi connectivity index (χ3n) is 3.95. The largest absolute Gasteiger partial charge is 0.489 e. The van der Waals surface area contributed by atoms with Crippen LogP contribution in [0.2, 0.25) is 0 Å². The summed E-state index contributed by atoms with van der Waals surface area (Å²) in [6.45, 7) is 5.35. The average molecular weight is 383 g/mol. The lowest BCUT2D eigenvalue weighted by Crippen LogP contribution is -2.27. The molecule has 2 amide bonds. The van der Waals surface area contributed by atoms with Gasteiger partial charge in [-0.15, -0.1) is 0 Å². The first-order chi connectivity index (χ1) is 13.4. The standard InChI is InChI=1S/C22H29N3O3/c1-16(2)28-20-12-6-5-11-19(20)24-22(27)18-10-7-9-17(15-18)21(26)23-13-8-14-25(3)4/h5-7,9-12,15-16H,8,13-14H2,1-4H3,(H,23,26)(H,24,27). The van der Waals surface area contributed by atoms with Crippen molar-refractivity contribution < 1.29 is 14.3 Å². The van der Waals surface area contributed by atoms with Gasteiger partial charge in [-0.1, -0.05) is 18.2 Å². The lowest BCUT2D eigenvalue weighted by molar-refractivity contribution is 0.0952. The highest BCUT2D eigenvalue weighted by atomic mass is 16.5. The molecule has 0 atom stereocenters. The molecule has 0 aromatic heterocycles. The molecule has 0 saturated heterocycles. The Kier molecular flexibility index (Phi) is 8.02. The maximum absolute atomic E-state index is 12.7. The molecule has 0 saturated carbocycles. The Morgan fingerprint density at radius 2 is 1.68 bits per heavy atom. The van der Waals surface area contributed by atoms with Gasteiger partial charge in [0, 0.05) is 17.7 Å². The average Bonchev–Trinajstić information content (AvgIpc) is 2.66. The van der Waals surface area contributed by atoms with Crippen molar-refractivity contribution in [3.63, 3.8) is 0 Å². The van der Waals surface area contributed by atoms with Crippen LogP contribution >= 0.6 is 0 Å². The van der Waals surface area contributed by atoms with Crippen molar-refractivity contribution in [3.05, 3.63) is 59.7 Å². The van der Waals surface area contributed by atoms with Crippen LogP contribution in [0.5, 0.6) is 5.75 Å². The highest BCUT2D eigenvalue weighted by molar-refractivity contribution is 6.06. The Labute approximate surface area is 166 Å². The number of ether oxygens (including phenoxy) is 1. The van der Waals surface area contributed by atoms with E-state index in [0.717, 1.165) is 13.0 Å². The normalized spacial score (nSPS) is 10.8. The number of carbonyl (C=O) groups excluding carboxylic acids is 2. The Balaban J connectivity index is 2.03. The van der Waals surface area contributed by atoms with E-state index in [9.17, 15) is 9.59 Å². The van der Waals surface area contributed by atoms with E-state index < -0.39 is 0 Å². The molecule has 0 aliphatic rings. The fourth-order valence-corrected chi connectivity index (χ4v) is 2.62. The summed E-state index contributed by atoms with van der Waals surface area (Å²) in [5.41, 5.74) is 1.48. The predicted molar refractivity (Wildman–Crippen MR) is 112 cm³/mol. The van der Waals surface area contributed by atoms with Gasteiger partial charge in [0.25, 0.3) is 11.8 Å². The van der Waals surface area contributed by atoms with Crippen molar-refractivity contribution in [2.24, 2.45) is 0 Å². The van der Waals surface area contributed by atoms with E-state index in [2.05, 4.69) is 15.5 Å². The van der Waals surface area contributed by atoms with E-state index in [1.165, 1.54) is 0 Å². The molecule has 0 bridgehead atoms. The minimum atomic E-state index is -0.290. The fraction of sp³-hybridized carbons (Fsp3) is 0.364. The second kappa shape index (κ2) is 10.5. The van der Waals surface area contributed by atoms with E-state index in [4.69, 9.17) is 4.74 Å². The van der Waals surface area contributed by atoms with Crippen molar-refractivity contribution in [2.45, 2.75) is 26.4 Å². The van der Waals surface area contributed by atoms with E-state index in [1.54, 1.807) is 30.3 Å². The van der Waals surface area contributed by atoms with Crippen LogP contribution in [-0.4, -0.2) is 50.0 Å². The highest BCUT2D eigenvalue weighted by Crippen LogP contribution is 2.25. The molecular weight excluding hydrogens is 354 g/mol. The monoisotopic (exact) mass is 383 g/mol. The van der Waals surface area contributed by atoms with Crippen LogP contribution < -0.4 is 15.4 Å². The Bertz CT molecular complexity index is 803. The smallest absolute Gasteiger partial charge is 0.255 e. The number of benzene rings is 2. The van der Waals surface area contributed by atoms with Crippen LogP contribution in [-0.2, 0) is 0 Å². The summed E-state index contributed by atoms with van der Waals surface area (Å²) < 4.78 is 5.73. The third-order valence-corrected chi connectivity index (χ3v) is 3.95. The minimum absolute atomic E-state index is 0.00225. The van der Waals surface area contributed by atoms with E-state index >= 15 is 0 Å². The van der Waals surface area contributed by atoms with Crippen LogP contribution in [0.1, 0.15) is 41.0 Å². The zero-order valence-corrected chi connectivity index (χ0v) is 17.0. The zero-order chi connectivity index (χ0) is 20.5. The van der Waals surface area contributed by atoms with Crippen molar-refractivity contribution in [2.75, 3.05) is 32.5 Å². The number of nitrogens with one attached hydrogen (secondary N) is 2. The molecular formula is C22H29N3O3. The first-order valence-corrected chi connectivity index (χ1v) is 9.47. The number of para-hydroxylation sites is 2. The van der Waals surface area contributed by atoms with Gasteiger partial charge in [0.05, 0.1) is 11.8 Å². The van der Waals surface area contributed by atoms with Gasteiger partial charge in [0.15, 0.2) is 0 Å². The molecule has 150 valence electrons. The molecule has 2 N–H and O–H groups in total. The Morgan fingerprint density at radius 3 is 2.36 bits per heavy atom. The van der Waals surface area contributed by atoms with Gasteiger partial charge < -0.3 is 20.3 Å². The number of anilines is 1. The topological polar surface area (TPSA) is 70.7 Å². The van der Waals surface area contributed by atoms with Crippen molar-refractivity contribution in [3.8, 4) is 5.75 Å². The first-order valence-electron chi connectivity index (χ1n) is 9.47. The second-order valence-electron chi connectivity index (χ2n) is 7.11. The molecule has 0 unspecified atom stereocenters. The number of rotatable bonds is 9. The molecule has 2 aromatic carbocycles. The molecule has 2 aromatic rings. The zero-order valence-electron chi connectivity index (χ0n) is 17.0. The second-order valence-corrected chi connectivity index (χ2v) is 7.11. The van der Waals surface area contributed by atoms with Gasteiger partial charge in [-0.2, -0.15) is 0 Å². The number of hydrogen-bond acceptors (Lipinski definition) is 4. The molecule has 28 heavy (non-hydrogen) atoms. The predicted octanol–water partition coefficient (Wildman–Crippen LogP) is 3.41. The fourth-order valence-electron chi connectivity index (χ4n) is 2.62. The molecule has 0 fully saturated rings. The highest BCUT2D eigenvalue weighted by Gasteiger charge is 2.13. The minimum Gasteiger partial charge on any atom is -0.489 e. The van der Waals surface area contributed by atoms with E-state index in [1.807, 2.05) is 46.1 Å². The van der Waals surface area contributed by atoms with Crippen molar-refractivity contribution in [1.29, 1.82) is 0 Å². The molecule has 0 radical (unpaired) electrons. The molecule has 6 nitrogen and oxygen atoms in total. The number of hydrogen-bond donors (Lipinski definition) is 2. The summed E-state index contributed by atoms with van der Waals surface area (Å²) in [5.74, 6) is 0.139. The van der Waals surface area contributed by atoms with Crippen LogP contribution in [0.4, 0.5) is 5.69 Å². The summed E-state index contributed by atoms with van der Waals surface area (Å²) in [6, 6.07) is 14.0. The summed E-state index contributed by atoms with van der Waals surface area (Å²) >= 11 is 0. The lowest BCUT2D eigenvalue weighted by atomic mass is 10.1. The van der Waals surface area contributed by atoms with Crippen molar-refractivity contribution in [1.82, 2.24) is 10.2 Å². The maximum Gasteiger partial charge on any atom is 0.255 e. The van der Waals surface area contributed by atoms with Gasteiger partial charge in [0.1, 0.15) is 5.75 Å². The summed E-state index contributed by atoms with van der Waals surface area (Å²) in [6.07, 6.45) is 0.864. The number of nitrogens with zero attached hydrogens (tertiary/aromatic N) is 1. The summed E-state index contributed by atoms with van der Waals surface area (Å²) in [7, 11) is 3.99. The van der Waals surface area contributed by atoms with Gasteiger partial charge >= 0.3 is 0 Å². The van der Waals surface area contributed by atoms with E-state index in [0.29, 0.717) is 29.1 Å². The Hall–Kier alpha value is -2.86. The summed E-state index contributed by atoms with van der Waals surface area (Å²) in [5, 5.41) is 5.75. The first kappa shape index (κ1) is 21.4. The van der Waals surface area contributed by atoms with Crippen LogP contribution in [0.3, 0.4) is 0 Å². The Morgan fingerprint density at radius 1 is 1.00 bits per heavy atom. The molecule has 6 heteroatoms. The van der Waals surface area contributed by atoms with Crippen molar-refractivity contribution >= 4 is 17.5 Å². The number of amides is 2. The SMILES string of the molecule is CC(C)Oc1ccccc1NC(=O)c1cccc(C(=O)NCCCN(C)C)c1. The third kappa shape index (κ3) is 6.70. The van der Waals surface area contributed by atoms with Gasteiger partial charge in [-0.3, -0.25) is 9.59 Å².